The SMILES string of the molecule is C[NH+]1CC[NH+](CC(=O)[C@H](C#N)c2ccccc2)CC1. The molecule has 0 amide bonds. The number of benzene rings is 1. The van der Waals surface area contributed by atoms with Gasteiger partial charge >= 0.3 is 0 Å². The van der Waals surface area contributed by atoms with Crippen LogP contribution >= 0.6 is 0 Å². The van der Waals surface area contributed by atoms with Crippen LogP contribution in [-0.4, -0.2) is 45.6 Å². The molecule has 4 nitrogen and oxygen atoms in total. The molecule has 1 aliphatic rings. The Balaban J connectivity index is 1.97. The topological polar surface area (TPSA) is 49.7 Å². The number of nitrogens with one attached hydrogen (secondary N) is 2. The summed E-state index contributed by atoms with van der Waals surface area (Å²) in [5.41, 5.74) is 0.814. The van der Waals surface area contributed by atoms with Crippen molar-refractivity contribution in [2.75, 3.05) is 39.8 Å². The van der Waals surface area contributed by atoms with E-state index in [-0.39, 0.29) is 5.78 Å². The molecular weight excluding hydrogens is 238 g/mol. The molecule has 4 heteroatoms. The molecule has 0 spiro atoms. The zero-order valence-corrected chi connectivity index (χ0v) is 11.4. The average Bonchev–Trinajstić information content (AvgIpc) is 2.43. The van der Waals surface area contributed by atoms with Crippen molar-refractivity contribution in [3.63, 3.8) is 0 Å². The largest absolute Gasteiger partial charge is 0.328 e. The summed E-state index contributed by atoms with van der Waals surface area (Å²) in [5, 5.41) is 9.24. The summed E-state index contributed by atoms with van der Waals surface area (Å²) in [5.74, 6) is -0.566. The van der Waals surface area contributed by atoms with E-state index in [9.17, 15) is 10.1 Å². The van der Waals surface area contributed by atoms with Crippen LogP contribution in [0.4, 0.5) is 0 Å². The van der Waals surface area contributed by atoms with Gasteiger partial charge in [0.2, 0.25) is 5.78 Å². The van der Waals surface area contributed by atoms with E-state index < -0.39 is 5.92 Å². The first-order valence-corrected chi connectivity index (χ1v) is 6.83. The Morgan fingerprint density at radius 2 is 1.89 bits per heavy atom. The molecule has 1 atom stereocenters. The highest BCUT2D eigenvalue weighted by atomic mass is 16.1. The lowest BCUT2D eigenvalue weighted by Crippen LogP contribution is -3.27. The smallest absolute Gasteiger partial charge is 0.208 e. The van der Waals surface area contributed by atoms with E-state index in [0.29, 0.717) is 6.54 Å². The second-order valence-corrected chi connectivity index (χ2v) is 5.32. The number of carbonyl (C=O) groups is 1. The Hall–Kier alpha value is -1.70. The fraction of sp³-hybridized carbons (Fsp3) is 0.467. The highest BCUT2D eigenvalue weighted by molar-refractivity contribution is 5.89. The van der Waals surface area contributed by atoms with E-state index >= 15 is 0 Å². The molecule has 2 rings (SSSR count). The van der Waals surface area contributed by atoms with Crippen molar-refractivity contribution >= 4 is 5.78 Å². The number of rotatable bonds is 4. The van der Waals surface area contributed by atoms with Gasteiger partial charge in [0.15, 0.2) is 0 Å². The van der Waals surface area contributed by atoms with Crippen LogP contribution < -0.4 is 9.80 Å². The van der Waals surface area contributed by atoms with Crippen LogP contribution in [0.5, 0.6) is 0 Å². The van der Waals surface area contributed by atoms with E-state index in [2.05, 4.69) is 13.1 Å². The molecule has 1 saturated heterocycles. The Kier molecular flexibility index (Phi) is 4.67. The van der Waals surface area contributed by atoms with Crippen LogP contribution in [0.3, 0.4) is 0 Å². The van der Waals surface area contributed by atoms with Crippen molar-refractivity contribution in [1.29, 1.82) is 5.26 Å². The highest BCUT2D eigenvalue weighted by Crippen LogP contribution is 2.14. The second kappa shape index (κ2) is 6.46. The number of nitriles is 1. The lowest BCUT2D eigenvalue weighted by atomic mass is 9.96. The number of quaternary nitrogens is 2. The monoisotopic (exact) mass is 259 g/mol. The third-order valence-electron chi connectivity index (χ3n) is 3.82. The Morgan fingerprint density at radius 3 is 2.47 bits per heavy atom. The lowest BCUT2D eigenvalue weighted by molar-refractivity contribution is -1.000. The van der Waals surface area contributed by atoms with Crippen LogP contribution in [0.25, 0.3) is 0 Å². The predicted molar refractivity (Wildman–Crippen MR) is 72.0 cm³/mol. The number of carbonyl (C=O) groups excluding carboxylic acids is 1. The molecule has 0 bridgehead atoms. The Bertz CT molecular complexity index is 458. The molecule has 0 saturated carbocycles. The average molecular weight is 259 g/mol. The minimum atomic E-state index is -0.610. The first kappa shape index (κ1) is 13.7. The fourth-order valence-electron chi connectivity index (χ4n) is 2.53. The fourth-order valence-corrected chi connectivity index (χ4v) is 2.53. The number of nitrogens with zero attached hydrogens (tertiary/aromatic N) is 1. The van der Waals surface area contributed by atoms with Crippen LogP contribution in [0.15, 0.2) is 30.3 Å². The quantitative estimate of drug-likeness (QED) is 0.675. The van der Waals surface area contributed by atoms with Crippen molar-refractivity contribution in [1.82, 2.24) is 0 Å². The molecule has 1 aromatic carbocycles. The third-order valence-corrected chi connectivity index (χ3v) is 3.82. The molecule has 0 aliphatic carbocycles. The molecule has 1 aromatic rings. The molecule has 100 valence electrons. The number of piperazine rings is 1. The number of hydrogen-bond acceptors (Lipinski definition) is 2. The zero-order chi connectivity index (χ0) is 13.7. The van der Waals surface area contributed by atoms with E-state index in [4.69, 9.17) is 0 Å². The van der Waals surface area contributed by atoms with Gasteiger partial charge in [0.05, 0.1) is 13.1 Å². The summed E-state index contributed by atoms with van der Waals surface area (Å²) in [6.45, 7) is 4.71. The number of ketones is 1. The van der Waals surface area contributed by atoms with Crippen LogP contribution in [-0.2, 0) is 4.79 Å². The molecule has 19 heavy (non-hydrogen) atoms. The highest BCUT2D eigenvalue weighted by Gasteiger charge is 2.27. The summed E-state index contributed by atoms with van der Waals surface area (Å²) in [6, 6.07) is 11.5. The van der Waals surface area contributed by atoms with E-state index in [0.717, 1.165) is 31.7 Å². The molecule has 1 aliphatic heterocycles. The molecule has 0 unspecified atom stereocenters. The maximum Gasteiger partial charge on any atom is 0.208 e. The standard InChI is InChI=1S/C15H19N3O/c1-17-7-9-18(10-8-17)12-15(19)14(11-16)13-5-3-2-4-6-13/h2-6,14H,7-10,12H2,1H3/p+2/t14-/m1/s1. The van der Waals surface area contributed by atoms with Crippen molar-refractivity contribution in [2.24, 2.45) is 0 Å². The Morgan fingerprint density at radius 1 is 1.26 bits per heavy atom. The maximum atomic E-state index is 12.3. The van der Waals surface area contributed by atoms with Crippen molar-refractivity contribution in [3.05, 3.63) is 35.9 Å². The van der Waals surface area contributed by atoms with Crippen molar-refractivity contribution in [3.8, 4) is 6.07 Å². The van der Waals surface area contributed by atoms with Gasteiger partial charge in [-0.25, -0.2) is 0 Å². The van der Waals surface area contributed by atoms with Crippen molar-refractivity contribution in [2.45, 2.75) is 5.92 Å². The lowest BCUT2D eigenvalue weighted by Gasteiger charge is -2.27. The van der Waals surface area contributed by atoms with Crippen molar-refractivity contribution < 1.29 is 14.6 Å². The Labute approximate surface area is 114 Å². The first-order chi connectivity index (χ1) is 9.20. The molecule has 1 fully saturated rings. The maximum absolute atomic E-state index is 12.3. The second-order valence-electron chi connectivity index (χ2n) is 5.32. The number of Topliss-reactive ketones (excluding diaryl/α,β-unsaturated/α-hetero) is 1. The van der Waals surface area contributed by atoms with Gasteiger partial charge in [-0.3, -0.25) is 4.79 Å². The summed E-state index contributed by atoms with van der Waals surface area (Å²) < 4.78 is 0. The van der Waals surface area contributed by atoms with Gasteiger partial charge in [-0.15, -0.1) is 0 Å². The molecule has 0 aromatic heterocycles. The van der Waals surface area contributed by atoms with Crippen LogP contribution in [0.2, 0.25) is 0 Å². The van der Waals surface area contributed by atoms with E-state index in [1.807, 2.05) is 30.3 Å². The predicted octanol–water partition coefficient (Wildman–Crippen LogP) is -1.72. The van der Waals surface area contributed by atoms with Gasteiger partial charge in [-0.05, 0) is 5.56 Å². The summed E-state index contributed by atoms with van der Waals surface area (Å²) in [4.78, 5) is 15.1. The third kappa shape index (κ3) is 3.63. The normalized spacial score (nSPS) is 24.4. The first-order valence-electron chi connectivity index (χ1n) is 6.83. The molecule has 1 heterocycles. The summed E-state index contributed by atoms with van der Waals surface area (Å²) in [7, 11) is 2.18. The minimum absolute atomic E-state index is 0.0447. The molecular formula is C15H21N3O+2. The molecule has 0 radical (unpaired) electrons. The van der Waals surface area contributed by atoms with E-state index in [1.54, 1.807) is 0 Å². The van der Waals surface area contributed by atoms with E-state index in [1.165, 1.54) is 9.80 Å². The van der Waals surface area contributed by atoms with Crippen LogP contribution in [0, 0.1) is 11.3 Å². The number of hydrogen-bond donors (Lipinski definition) is 2. The summed E-state index contributed by atoms with van der Waals surface area (Å²) in [6.07, 6.45) is 0. The zero-order valence-electron chi connectivity index (χ0n) is 11.4. The molecule has 2 N–H and O–H groups in total. The van der Waals surface area contributed by atoms with Gasteiger partial charge in [0.1, 0.15) is 38.6 Å². The number of likely N-dealkylation sites (N-methyl/N-ethyl adjacent to an activating group) is 1. The van der Waals surface area contributed by atoms with Gasteiger partial charge in [-0.1, -0.05) is 30.3 Å². The van der Waals surface area contributed by atoms with Gasteiger partial charge < -0.3 is 9.80 Å². The van der Waals surface area contributed by atoms with Gasteiger partial charge in [-0.2, -0.15) is 5.26 Å². The summed E-state index contributed by atoms with van der Waals surface area (Å²) >= 11 is 0. The van der Waals surface area contributed by atoms with Crippen LogP contribution in [0.1, 0.15) is 11.5 Å². The minimum Gasteiger partial charge on any atom is -0.328 e. The van der Waals surface area contributed by atoms with Gasteiger partial charge in [0.25, 0.3) is 0 Å². The van der Waals surface area contributed by atoms with Gasteiger partial charge in [0, 0.05) is 0 Å².